The van der Waals surface area contributed by atoms with Gasteiger partial charge in [0.1, 0.15) is 24.7 Å². The average molecular weight is 561 g/mol. The maximum atomic E-state index is 13.0. The SMILES string of the molecule is CC(=O)Oc1c(C)c(C)c2c(c1C)CCC(C)(C(=O)OCCOc1no[n+]([O-])c1S(=O)(=O)c1ccccc1)O2. The fourth-order valence-electron chi connectivity index (χ4n) is 4.34. The summed E-state index contributed by atoms with van der Waals surface area (Å²) in [6, 6.07) is 7.27. The molecule has 208 valence electrons. The van der Waals surface area contributed by atoms with Gasteiger partial charge in [-0.1, -0.05) is 18.2 Å². The van der Waals surface area contributed by atoms with Crippen molar-refractivity contribution >= 4 is 21.8 Å². The maximum absolute atomic E-state index is 13.0. The number of esters is 2. The molecule has 3 aromatic rings. The van der Waals surface area contributed by atoms with Gasteiger partial charge in [-0.05, 0) is 67.8 Å². The molecule has 2 heterocycles. The molecule has 0 amide bonds. The summed E-state index contributed by atoms with van der Waals surface area (Å²) >= 11 is 0. The molecule has 0 bridgehead atoms. The second-order valence-electron chi connectivity index (χ2n) is 9.28. The van der Waals surface area contributed by atoms with Gasteiger partial charge in [-0.25, -0.2) is 13.2 Å². The second kappa shape index (κ2) is 10.6. The Morgan fingerprint density at radius 1 is 1.10 bits per heavy atom. The average Bonchev–Trinajstić information content (AvgIpc) is 3.28. The predicted molar refractivity (Wildman–Crippen MR) is 133 cm³/mol. The van der Waals surface area contributed by atoms with Gasteiger partial charge in [0, 0.05) is 18.9 Å². The van der Waals surface area contributed by atoms with Crippen LogP contribution in [0.3, 0.4) is 0 Å². The Bertz CT molecular complexity index is 1530. The Balaban J connectivity index is 1.43. The molecule has 1 atom stereocenters. The lowest BCUT2D eigenvalue weighted by Crippen LogP contribution is -2.46. The molecule has 1 unspecified atom stereocenters. The summed E-state index contributed by atoms with van der Waals surface area (Å²) in [6.45, 7) is 7.86. The molecule has 0 saturated heterocycles. The van der Waals surface area contributed by atoms with Crippen molar-refractivity contribution in [3.63, 3.8) is 0 Å². The third kappa shape index (κ3) is 5.26. The molecule has 0 spiro atoms. The van der Waals surface area contributed by atoms with E-state index < -0.39 is 38.3 Å². The van der Waals surface area contributed by atoms with E-state index in [0.29, 0.717) is 24.3 Å². The third-order valence-electron chi connectivity index (χ3n) is 6.58. The Morgan fingerprint density at radius 2 is 1.79 bits per heavy atom. The van der Waals surface area contributed by atoms with Gasteiger partial charge in [-0.2, -0.15) is 0 Å². The molecule has 39 heavy (non-hydrogen) atoms. The first-order valence-electron chi connectivity index (χ1n) is 12.1. The molecule has 0 radical (unpaired) electrons. The fraction of sp³-hybridized carbons (Fsp3) is 0.385. The molecular weight excluding hydrogens is 532 g/mol. The van der Waals surface area contributed by atoms with Crippen molar-refractivity contribution < 1.29 is 46.5 Å². The van der Waals surface area contributed by atoms with Crippen molar-refractivity contribution in [1.29, 1.82) is 0 Å². The quantitative estimate of drug-likeness (QED) is 0.173. The summed E-state index contributed by atoms with van der Waals surface area (Å²) in [5.74, 6) is -0.586. The van der Waals surface area contributed by atoms with Gasteiger partial charge in [0.05, 0.1) is 10.1 Å². The summed E-state index contributed by atoms with van der Waals surface area (Å²) in [7, 11) is -4.27. The van der Waals surface area contributed by atoms with E-state index in [9.17, 15) is 23.2 Å². The molecule has 0 N–H and O–H groups in total. The highest BCUT2D eigenvalue weighted by molar-refractivity contribution is 7.91. The Hall–Kier alpha value is -4.13. The number of carbonyl (C=O) groups excluding carboxylic acids is 2. The van der Waals surface area contributed by atoms with Crippen LogP contribution in [0.1, 0.15) is 42.5 Å². The van der Waals surface area contributed by atoms with Crippen LogP contribution in [0.2, 0.25) is 0 Å². The van der Waals surface area contributed by atoms with Crippen LogP contribution >= 0.6 is 0 Å². The summed E-state index contributed by atoms with van der Waals surface area (Å²) in [4.78, 5) is 24.2. The van der Waals surface area contributed by atoms with Crippen LogP contribution in [0.25, 0.3) is 0 Å². The van der Waals surface area contributed by atoms with Gasteiger partial charge in [0.15, 0.2) is 0 Å². The zero-order valence-electron chi connectivity index (χ0n) is 22.1. The van der Waals surface area contributed by atoms with Crippen molar-refractivity contribution in [3.8, 4) is 17.4 Å². The maximum Gasteiger partial charge on any atom is 0.415 e. The third-order valence-corrected chi connectivity index (χ3v) is 8.30. The van der Waals surface area contributed by atoms with Crippen LogP contribution in [-0.2, 0) is 30.6 Å². The summed E-state index contributed by atoms with van der Waals surface area (Å²) in [6.07, 6.45) is 0.795. The topological polar surface area (TPSA) is 158 Å². The monoisotopic (exact) mass is 560 g/mol. The largest absolute Gasteiger partial charge is 0.475 e. The first-order valence-corrected chi connectivity index (χ1v) is 13.5. The van der Waals surface area contributed by atoms with E-state index in [1.165, 1.54) is 31.2 Å². The van der Waals surface area contributed by atoms with Crippen LogP contribution in [0, 0.1) is 26.0 Å². The van der Waals surface area contributed by atoms with Crippen molar-refractivity contribution in [2.45, 2.75) is 63.0 Å². The van der Waals surface area contributed by atoms with Crippen molar-refractivity contribution in [3.05, 3.63) is 57.8 Å². The molecule has 1 aliphatic heterocycles. The number of hydrogen-bond acceptors (Lipinski definition) is 11. The molecule has 1 aliphatic rings. The van der Waals surface area contributed by atoms with Crippen molar-refractivity contribution in [2.75, 3.05) is 13.2 Å². The molecule has 0 fully saturated rings. The number of nitrogens with zero attached hydrogens (tertiary/aromatic N) is 2. The first-order chi connectivity index (χ1) is 18.4. The Labute approximate surface area is 224 Å². The van der Waals surface area contributed by atoms with E-state index in [-0.39, 0.29) is 23.0 Å². The number of ether oxygens (including phenoxy) is 4. The first kappa shape index (κ1) is 27.9. The molecular formula is C26H28N2O10S. The number of hydrogen-bond donors (Lipinski definition) is 0. The lowest BCUT2D eigenvalue weighted by molar-refractivity contribution is -0.832. The van der Waals surface area contributed by atoms with E-state index in [4.69, 9.17) is 18.9 Å². The number of rotatable bonds is 8. The van der Waals surface area contributed by atoms with Crippen LogP contribution in [0.5, 0.6) is 17.4 Å². The summed E-state index contributed by atoms with van der Waals surface area (Å²) in [5, 5.41) is 14.6. The predicted octanol–water partition coefficient (Wildman–Crippen LogP) is 2.70. The van der Waals surface area contributed by atoms with Gasteiger partial charge < -0.3 is 24.2 Å². The van der Waals surface area contributed by atoms with Gasteiger partial charge in [0.25, 0.3) is 9.84 Å². The minimum Gasteiger partial charge on any atom is -0.475 e. The molecule has 13 heteroatoms. The lowest BCUT2D eigenvalue weighted by atomic mass is 9.87. The number of aromatic nitrogens is 2. The minimum atomic E-state index is -4.27. The highest BCUT2D eigenvalue weighted by Crippen LogP contribution is 2.44. The molecule has 0 saturated carbocycles. The number of sulfone groups is 1. The smallest absolute Gasteiger partial charge is 0.415 e. The molecule has 12 nitrogen and oxygen atoms in total. The van der Waals surface area contributed by atoms with Crippen LogP contribution in [-0.4, -0.2) is 44.3 Å². The molecule has 2 aromatic carbocycles. The van der Waals surface area contributed by atoms with Crippen LogP contribution in [0.4, 0.5) is 0 Å². The van der Waals surface area contributed by atoms with E-state index in [2.05, 4.69) is 9.79 Å². The summed E-state index contributed by atoms with van der Waals surface area (Å²) in [5.41, 5.74) is 1.81. The summed E-state index contributed by atoms with van der Waals surface area (Å²) < 4.78 is 52.4. The normalized spacial score (nSPS) is 16.6. The van der Waals surface area contributed by atoms with Gasteiger partial charge in [0.2, 0.25) is 5.60 Å². The number of carbonyl (C=O) groups is 2. The van der Waals surface area contributed by atoms with Gasteiger partial charge >= 0.3 is 22.8 Å². The van der Waals surface area contributed by atoms with E-state index in [1.807, 2.05) is 20.8 Å². The van der Waals surface area contributed by atoms with Crippen molar-refractivity contribution in [2.24, 2.45) is 0 Å². The van der Waals surface area contributed by atoms with Gasteiger partial charge in [-0.15, -0.1) is 0 Å². The highest BCUT2D eigenvalue weighted by atomic mass is 32.2. The minimum absolute atomic E-state index is 0.141. The van der Waals surface area contributed by atoms with Crippen LogP contribution < -0.4 is 19.1 Å². The number of fused-ring (bicyclic) bond motifs is 1. The van der Waals surface area contributed by atoms with E-state index in [1.54, 1.807) is 13.0 Å². The molecule has 4 rings (SSSR count). The fourth-order valence-corrected chi connectivity index (χ4v) is 5.64. The highest BCUT2D eigenvalue weighted by Gasteiger charge is 2.42. The number of benzene rings is 2. The molecule has 1 aromatic heterocycles. The van der Waals surface area contributed by atoms with Crippen LogP contribution in [0.15, 0.2) is 44.9 Å². The zero-order chi connectivity index (χ0) is 28.5. The lowest BCUT2D eigenvalue weighted by Gasteiger charge is -2.36. The van der Waals surface area contributed by atoms with Gasteiger partial charge in [-0.3, -0.25) is 9.42 Å². The second-order valence-corrected chi connectivity index (χ2v) is 11.1. The molecule has 0 aliphatic carbocycles. The van der Waals surface area contributed by atoms with E-state index in [0.717, 1.165) is 22.3 Å². The Kier molecular flexibility index (Phi) is 7.55. The standard InChI is InChI=1S/C26H28N2O10S/c1-15-16(2)22-20(17(3)21(15)36-18(4)29)11-12-26(5,37-22)25(30)35-14-13-34-23-24(28(31)38-27-23)39(32,33)19-9-7-6-8-10-19/h6-10H,11-14H2,1-5H3. The Morgan fingerprint density at radius 3 is 2.46 bits per heavy atom. The van der Waals surface area contributed by atoms with E-state index >= 15 is 0 Å². The zero-order valence-corrected chi connectivity index (χ0v) is 22.9. The van der Waals surface area contributed by atoms with Crippen molar-refractivity contribution in [1.82, 2.24) is 5.16 Å².